The van der Waals surface area contributed by atoms with Crippen molar-refractivity contribution >= 4 is 33.7 Å². The van der Waals surface area contributed by atoms with Crippen LogP contribution in [-0.2, 0) is 17.0 Å². The highest BCUT2D eigenvalue weighted by molar-refractivity contribution is 7.98. The van der Waals surface area contributed by atoms with E-state index in [1.165, 1.54) is 11.1 Å². The Bertz CT molecular complexity index is 1150. The SMILES string of the molecule is COCCn1c(SCc2ccc(C)cc2)nc2c([nH]c3ccccc32)c1=O. The van der Waals surface area contributed by atoms with Crippen LogP contribution in [0.4, 0.5) is 0 Å². The largest absolute Gasteiger partial charge is 0.383 e. The summed E-state index contributed by atoms with van der Waals surface area (Å²) in [7, 11) is 1.64. The summed E-state index contributed by atoms with van der Waals surface area (Å²) in [6.07, 6.45) is 0. The summed E-state index contributed by atoms with van der Waals surface area (Å²) in [6.45, 7) is 3.01. The lowest BCUT2D eigenvalue weighted by atomic mass is 10.2. The number of hydrogen-bond acceptors (Lipinski definition) is 4. The van der Waals surface area contributed by atoms with E-state index in [4.69, 9.17) is 9.72 Å². The molecular weight excluding hydrogens is 358 g/mol. The van der Waals surface area contributed by atoms with Gasteiger partial charge in [0.05, 0.1) is 13.2 Å². The molecule has 0 amide bonds. The molecule has 138 valence electrons. The number of H-pyrrole nitrogens is 1. The Balaban J connectivity index is 1.79. The second-order valence-corrected chi connectivity index (χ2v) is 7.45. The van der Waals surface area contributed by atoms with Gasteiger partial charge >= 0.3 is 0 Å². The summed E-state index contributed by atoms with van der Waals surface area (Å²) in [5.74, 6) is 0.758. The van der Waals surface area contributed by atoms with E-state index < -0.39 is 0 Å². The van der Waals surface area contributed by atoms with Crippen molar-refractivity contribution in [3.8, 4) is 0 Å². The molecule has 0 saturated carbocycles. The van der Waals surface area contributed by atoms with Gasteiger partial charge in [0.25, 0.3) is 5.56 Å². The maximum Gasteiger partial charge on any atom is 0.278 e. The molecule has 4 aromatic rings. The summed E-state index contributed by atoms with van der Waals surface area (Å²) in [5, 5.41) is 1.69. The van der Waals surface area contributed by atoms with Crippen molar-refractivity contribution in [2.75, 3.05) is 13.7 Å². The lowest BCUT2D eigenvalue weighted by Crippen LogP contribution is -2.25. The Hall–Kier alpha value is -2.57. The normalized spacial score (nSPS) is 11.5. The highest BCUT2D eigenvalue weighted by atomic mass is 32.2. The van der Waals surface area contributed by atoms with E-state index in [0.29, 0.717) is 18.7 Å². The lowest BCUT2D eigenvalue weighted by Gasteiger charge is -2.11. The smallest absolute Gasteiger partial charge is 0.278 e. The van der Waals surface area contributed by atoms with Crippen LogP contribution in [0.25, 0.3) is 21.9 Å². The predicted octanol–water partition coefficient (Wildman–Crippen LogP) is 4.12. The maximum absolute atomic E-state index is 13.1. The Kier molecular flexibility index (Phi) is 5.01. The van der Waals surface area contributed by atoms with Gasteiger partial charge in [0.2, 0.25) is 0 Å². The number of hydrogen-bond donors (Lipinski definition) is 1. The van der Waals surface area contributed by atoms with Crippen LogP contribution in [0.2, 0.25) is 0 Å². The van der Waals surface area contributed by atoms with Crippen molar-refractivity contribution in [1.29, 1.82) is 0 Å². The second-order valence-electron chi connectivity index (χ2n) is 6.51. The van der Waals surface area contributed by atoms with Crippen LogP contribution in [0.5, 0.6) is 0 Å². The lowest BCUT2D eigenvalue weighted by molar-refractivity contribution is 0.183. The van der Waals surface area contributed by atoms with Gasteiger partial charge in [-0.05, 0) is 18.6 Å². The first-order valence-corrected chi connectivity index (χ1v) is 9.84. The number of aryl methyl sites for hydroxylation is 1. The molecule has 27 heavy (non-hydrogen) atoms. The summed E-state index contributed by atoms with van der Waals surface area (Å²) >= 11 is 1.58. The number of nitrogens with zero attached hydrogens (tertiary/aromatic N) is 2. The van der Waals surface area contributed by atoms with Crippen LogP contribution in [-0.4, -0.2) is 28.3 Å². The van der Waals surface area contributed by atoms with Crippen molar-refractivity contribution in [1.82, 2.24) is 14.5 Å². The topological polar surface area (TPSA) is 59.9 Å². The van der Waals surface area contributed by atoms with Crippen LogP contribution in [0.3, 0.4) is 0 Å². The van der Waals surface area contributed by atoms with Crippen molar-refractivity contribution in [3.05, 3.63) is 70.0 Å². The van der Waals surface area contributed by atoms with Crippen LogP contribution in [0.15, 0.2) is 58.5 Å². The number of benzene rings is 2. The number of aromatic nitrogens is 3. The van der Waals surface area contributed by atoms with Crippen molar-refractivity contribution < 1.29 is 4.74 Å². The molecule has 0 aliphatic carbocycles. The molecule has 0 spiro atoms. The molecule has 0 radical (unpaired) electrons. The van der Waals surface area contributed by atoms with Crippen molar-refractivity contribution in [2.45, 2.75) is 24.4 Å². The van der Waals surface area contributed by atoms with Gasteiger partial charge in [-0.25, -0.2) is 4.98 Å². The average molecular weight is 379 g/mol. The minimum atomic E-state index is -0.0559. The molecule has 0 fully saturated rings. The Labute approximate surface area is 161 Å². The van der Waals surface area contributed by atoms with Gasteiger partial charge in [0, 0.05) is 23.8 Å². The molecule has 2 heterocycles. The van der Waals surface area contributed by atoms with E-state index in [9.17, 15) is 4.79 Å². The Morgan fingerprint density at radius 1 is 1.15 bits per heavy atom. The van der Waals surface area contributed by atoms with Crippen LogP contribution in [0, 0.1) is 6.92 Å². The van der Waals surface area contributed by atoms with Gasteiger partial charge < -0.3 is 9.72 Å². The molecule has 0 bridgehead atoms. The summed E-state index contributed by atoms with van der Waals surface area (Å²) in [5.41, 5.74) is 4.59. The zero-order valence-corrected chi connectivity index (χ0v) is 16.2. The molecule has 1 N–H and O–H groups in total. The number of ether oxygens (including phenoxy) is 1. The number of rotatable bonds is 6. The standard InChI is InChI=1S/C21H21N3O2S/c1-14-7-9-15(10-8-14)13-27-21-23-18-16-5-3-4-6-17(16)22-19(18)20(25)24(21)11-12-26-2/h3-10,22H,11-13H2,1-2H3. The first-order valence-electron chi connectivity index (χ1n) is 8.86. The quantitative estimate of drug-likeness (QED) is 0.404. The van der Waals surface area contributed by atoms with Crippen LogP contribution in [0.1, 0.15) is 11.1 Å². The molecule has 0 saturated heterocycles. The van der Waals surface area contributed by atoms with E-state index in [-0.39, 0.29) is 5.56 Å². The third kappa shape index (κ3) is 3.50. The molecule has 0 atom stereocenters. The molecular formula is C21H21N3O2S. The third-order valence-corrected chi connectivity index (χ3v) is 5.63. The van der Waals surface area contributed by atoms with Crippen molar-refractivity contribution in [3.63, 3.8) is 0 Å². The Morgan fingerprint density at radius 2 is 1.93 bits per heavy atom. The molecule has 5 nitrogen and oxygen atoms in total. The summed E-state index contributed by atoms with van der Waals surface area (Å²) in [4.78, 5) is 21.2. The fourth-order valence-corrected chi connectivity index (χ4v) is 4.07. The predicted molar refractivity (Wildman–Crippen MR) is 110 cm³/mol. The summed E-state index contributed by atoms with van der Waals surface area (Å²) < 4.78 is 6.90. The van der Waals surface area contributed by atoms with E-state index in [0.717, 1.165) is 27.3 Å². The highest BCUT2D eigenvalue weighted by Gasteiger charge is 2.15. The molecule has 6 heteroatoms. The second kappa shape index (κ2) is 7.58. The fourth-order valence-electron chi connectivity index (χ4n) is 3.10. The number of aromatic amines is 1. The summed E-state index contributed by atoms with van der Waals surface area (Å²) in [6, 6.07) is 16.3. The molecule has 2 aromatic carbocycles. The van der Waals surface area contributed by atoms with Gasteiger partial charge in [-0.1, -0.05) is 59.8 Å². The highest BCUT2D eigenvalue weighted by Crippen LogP contribution is 2.26. The molecule has 2 aromatic heterocycles. The number of nitrogens with one attached hydrogen (secondary N) is 1. The molecule has 0 aliphatic heterocycles. The zero-order chi connectivity index (χ0) is 18.8. The number of methoxy groups -OCH3 is 1. The van der Waals surface area contributed by atoms with E-state index in [1.54, 1.807) is 23.4 Å². The zero-order valence-electron chi connectivity index (χ0n) is 15.4. The van der Waals surface area contributed by atoms with Crippen LogP contribution >= 0.6 is 11.8 Å². The first-order chi connectivity index (χ1) is 13.2. The van der Waals surface area contributed by atoms with Gasteiger partial charge in [0.15, 0.2) is 5.16 Å². The minimum absolute atomic E-state index is 0.0559. The first kappa shape index (κ1) is 17.8. The average Bonchev–Trinajstić information content (AvgIpc) is 3.06. The van der Waals surface area contributed by atoms with Gasteiger partial charge in [-0.3, -0.25) is 9.36 Å². The number of fused-ring (bicyclic) bond motifs is 3. The van der Waals surface area contributed by atoms with Gasteiger partial charge in [-0.15, -0.1) is 0 Å². The van der Waals surface area contributed by atoms with Crippen molar-refractivity contribution in [2.24, 2.45) is 0 Å². The van der Waals surface area contributed by atoms with E-state index in [2.05, 4.69) is 36.2 Å². The monoisotopic (exact) mass is 379 g/mol. The number of para-hydroxylation sites is 1. The fraction of sp³-hybridized carbons (Fsp3) is 0.238. The maximum atomic E-state index is 13.1. The molecule has 0 unspecified atom stereocenters. The third-order valence-electron chi connectivity index (χ3n) is 4.58. The minimum Gasteiger partial charge on any atom is -0.383 e. The number of thioether (sulfide) groups is 1. The Morgan fingerprint density at radius 3 is 2.70 bits per heavy atom. The van der Waals surface area contributed by atoms with E-state index in [1.807, 2.05) is 24.3 Å². The van der Waals surface area contributed by atoms with Crippen LogP contribution < -0.4 is 5.56 Å². The molecule has 0 aliphatic rings. The van der Waals surface area contributed by atoms with Gasteiger partial charge in [0.1, 0.15) is 11.0 Å². The van der Waals surface area contributed by atoms with E-state index >= 15 is 0 Å². The molecule has 4 rings (SSSR count). The van der Waals surface area contributed by atoms with Gasteiger partial charge in [-0.2, -0.15) is 0 Å².